The van der Waals surface area contributed by atoms with Crippen molar-refractivity contribution < 1.29 is 9.53 Å². The van der Waals surface area contributed by atoms with E-state index in [1.54, 1.807) is 0 Å². The fraction of sp³-hybridized carbons (Fsp3) is 0.467. The van der Waals surface area contributed by atoms with Crippen LogP contribution in [0.2, 0.25) is 0 Å². The van der Waals surface area contributed by atoms with Crippen molar-refractivity contribution in [3.8, 4) is 0 Å². The molecule has 0 aliphatic rings. The van der Waals surface area contributed by atoms with E-state index in [2.05, 4.69) is 32.6 Å². The highest BCUT2D eigenvalue weighted by Crippen LogP contribution is 2.10. The molecule has 0 saturated carbocycles. The highest BCUT2D eigenvalue weighted by Gasteiger charge is 2.00. The van der Waals surface area contributed by atoms with E-state index < -0.39 is 6.09 Å². The number of aliphatic imine (C=N–C) groups is 1. The van der Waals surface area contributed by atoms with Gasteiger partial charge in [-0.05, 0) is 31.0 Å². The first kappa shape index (κ1) is 20.5. The molecule has 0 unspecified atom stereocenters. The third-order valence-electron chi connectivity index (χ3n) is 2.69. The van der Waals surface area contributed by atoms with Gasteiger partial charge in [0.2, 0.25) is 0 Å². The van der Waals surface area contributed by atoms with Crippen molar-refractivity contribution in [3.05, 3.63) is 29.8 Å². The summed E-state index contributed by atoms with van der Waals surface area (Å²) in [4.78, 5) is 15.6. The summed E-state index contributed by atoms with van der Waals surface area (Å²) in [6, 6.07) is 7.51. The number of benzene rings is 1. The lowest BCUT2D eigenvalue weighted by Gasteiger charge is -2.10. The number of methoxy groups -OCH3 is 1. The summed E-state index contributed by atoms with van der Waals surface area (Å²) in [6.07, 6.45) is 0.581. The molecule has 0 heterocycles. The number of nitrogens with zero attached hydrogens (tertiary/aromatic N) is 1. The van der Waals surface area contributed by atoms with Crippen LogP contribution in [-0.2, 0) is 11.3 Å². The van der Waals surface area contributed by atoms with E-state index in [0.29, 0.717) is 12.2 Å². The van der Waals surface area contributed by atoms with E-state index in [1.807, 2.05) is 31.2 Å². The van der Waals surface area contributed by atoms with Crippen molar-refractivity contribution in [1.82, 2.24) is 10.6 Å². The quantitative estimate of drug-likeness (QED) is 0.376. The second-order valence-electron chi connectivity index (χ2n) is 4.44. The van der Waals surface area contributed by atoms with Crippen LogP contribution in [0.3, 0.4) is 0 Å². The van der Waals surface area contributed by atoms with Gasteiger partial charge in [0.1, 0.15) is 0 Å². The van der Waals surface area contributed by atoms with Crippen LogP contribution >= 0.6 is 24.0 Å². The average molecular weight is 420 g/mol. The van der Waals surface area contributed by atoms with Gasteiger partial charge in [-0.25, -0.2) is 9.79 Å². The van der Waals surface area contributed by atoms with Gasteiger partial charge in [0.25, 0.3) is 0 Å². The molecule has 0 aliphatic carbocycles. The predicted molar refractivity (Wildman–Crippen MR) is 101 cm³/mol. The second kappa shape index (κ2) is 12.1. The van der Waals surface area contributed by atoms with Crippen LogP contribution in [0.5, 0.6) is 0 Å². The molecule has 1 amide bonds. The molecule has 1 aromatic rings. The molecule has 1 aromatic carbocycles. The Hall–Kier alpha value is -1.51. The Bertz CT molecular complexity index is 463. The summed E-state index contributed by atoms with van der Waals surface area (Å²) in [7, 11) is 1.34. The van der Waals surface area contributed by atoms with Gasteiger partial charge in [0, 0.05) is 18.8 Å². The first-order valence-electron chi connectivity index (χ1n) is 7.15. The highest BCUT2D eigenvalue weighted by molar-refractivity contribution is 14.0. The Balaban J connectivity index is 0.00000441. The zero-order valence-corrected chi connectivity index (χ0v) is 15.6. The molecular weight excluding hydrogens is 395 g/mol. The van der Waals surface area contributed by atoms with Crippen LogP contribution in [0.4, 0.5) is 10.5 Å². The third kappa shape index (κ3) is 8.06. The lowest BCUT2D eigenvalue weighted by molar-refractivity contribution is 0.187. The number of rotatable bonds is 6. The molecule has 0 bridgehead atoms. The number of amides is 1. The summed E-state index contributed by atoms with van der Waals surface area (Å²) in [5.74, 6) is 0.816. The maximum atomic E-state index is 11.1. The predicted octanol–water partition coefficient (Wildman–Crippen LogP) is 2.95. The SMILES string of the molecule is CCCNC(=NCc1ccc(NC(=O)OC)cc1)NCC.I. The number of ether oxygens (including phenoxy) is 1. The number of nitrogens with one attached hydrogen (secondary N) is 3. The number of halogens is 1. The Labute approximate surface area is 149 Å². The lowest BCUT2D eigenvalue weighted by atomic mass is 10.2. The molecule has 0 aromatic heterocycles. The molecule has 0 radical (unpaired) electrons. The topological polar surface area (TPSA) is 74.8 Å². The van der Waals surface area contributed by atoms with Gasteiger partial charge < -0.3 is 15.4 Å². The summed E-state index contributed by atoms with van der Waals surface area (Å²) in [5, 5.41) is 9.06. The fourth-order valence-corrected chi connectivity index (χ4v) is 1.62. The first-order valence-corrected chi connectivity index (χ1v) is 7.15. The van der Waals surface area contributed by atoms with Crippen LogP contribution in [0.1, 0.15) is 25.8 Å². The Kier molecular flexibility index (Phi) is 11.2. The molecule has 124 valence electrons. The van der Waals surface area contributed by atoms with Crippen molar-refractivity contribution in [2.75, 3.05) is 25.5 Å². The minimum Gasteiger partial charge on any atom is -0.453 e. The van der Waals surface area contributed by atoms with Gasteiger partial charge in [-0.1, -0.05) is 19.1 Å². The van der Waals surface area contributed by atoms with Gasteiger partial charge in [-0.15, -0.1) is 24.0 Å². The number of guanidine groups is 1. The van der Waals surface area contributed by atoms with Crippen molar-refractivity contribution >= 4 is 41.7 Å². The maximum absolute atomic E-state index is 11.1. The average Bonchev–Trinajstić information content (AvgIpc) is 2.51. The van der Waals surface area contributed by atoms with Crippen molar-refractivity contribution in [2.45, 2.75) is 26.8 Å². The smallest absolute Gasteiger partial charge is 0.411 e. The van der Waals surface area contributed by atoms with Gasteiger partial charge in [-0.3, -0.25) is 5.32 Å². The van der Waals surface area contributed by atoms with Gasteiger partial charge in [0.05, 0.1) is 13.7 Å². The van der Waals surface area contributed by atoms with E-state index in [0.717, 1.165) is 31.0 Å². The molecule has 0 saturated heterocycles. The molecule has 0 aliphatic heterocycles. The summed E-state index contributed by atoms with van der Waals surface area (Å²) >= 11 is 0. The van der Waals surface area contributed by atoms with Gasteiger partial charge in [0.15, 0.2) is 5.96 Å². The van der Waals surface area contributed by atoms with Crippen LogP contribution in [0.25, 0.3) is 0 Å². The van der Waals surface area contributed by atoms with E-state index in [-0.39, 0.29) is 24.0 Å². The summed E-state index contributed by atoms with van der Waals surface area (Å²) < 4.78 is 4.54. The largest absolute Gasteiger partial charge is 0.453 e. The number of hydrogen-bond donors (Lipinski definition) is 3. The minimum absolute atomic E-state index is 0. The lowest BCUT2D eigenvalue weighted by Crippen LogP contribution is -2.37. The minimum atomic E-state index is -0.473. The Morgan fingerprint density at radius 3 is 2.41 bits per heavy atom. The maximum Gasteiger partial charge on any atom is 0.411 e. The van der Waals surface area contributed by atoms with Crippen LogP contribution in [0.15, 0.2) is 29.3 Å². The molecule has 0 spiro atoms. The van der Waals surface area contributed by atoms with E-state index >= 15 is 0 Å². The van der Waals surface area contributed by atoms with Crippen molar-refractivity contribution in [2.24, 2.45) is 4.99 Å². The van der Waals surface area contributed by atoms with Gasteiger partial charge >= 0.3 is 6.09 Å². The molecule has 7 heteroatoms. The number of carbonyl (C=O) groups excluding carboxylic acids is 1. The highest BCUT2D eigenvalue weighted by atomic mass is 127. The second-order valence-corrected chi connectivity index (χ2v) is 4.44. The fourth-order valence-electron chi connectivity index (χ4n) is 1.62. The number of hydrogen-bond acceptors (Lipinski definition) is 3. The van der Waals surface area contributed by atoms with Crippen LogP contribution in [0, 0.1) is 0 Å². The van der Waals surface area contributed by atoms with E-state index in [9.17, 15) is 4.79 Å². The summed E-state index contributed by atoms with van der Waals surface area (Å²) in [5.41, 5.74) is 1.77. The van der Waals surface area contributed by atoms with Crippen molar-refractivity contribution in [1.29, 1.82) is 0 Å². The van der Waals surface area contributed by atoms with E-state index in [4.69, 9.17) is 0 Å². The number of carbonyl (C=O) groups is 1. The molecule has 0 atom stereocenters. The molecule has 1 rings (SSSR count). The molecule has 3 N–H and O–H groups in total. The number of anilines is 1. The molecule has 0 fully saturated rings. The monoisotopic (exact) mass is 420 g/mol. The zero-order valence-electron chi connectivity index (χ0n) is 13.3. The van der Waals surface area contributed by atoms with Crippen molar-refractivity contribution in [3.63, 3.8) is 0 Å². The van der Waals surface area contributed by atoms with E-state index in [1.165, 1.54) is 7.11 Å². The van der Waals surface area contributed by atoms with Crippen LogP contribution < -0.4 is 16.0 Å². The van der Waals surface area contributed by atoms with Crippen LogP contribution in [-0.4, -0.2) is 32.3 Å². The Morgan fingerprint density at radius 1 is 1.18 bits per heavy atom. The first-order chi connectivity index (χ1) is 10.2. The zero-order chi connectivity index (χ0) is 15.5. The Morgan fingerprint density at radius 2 is 1.86 bits per heavy atom. The normalized spacial score (nSPS) is 10.4. The van der Waals surface area contributed by atoms with Gasteiger partial charge in [-0.2, -0.15) is 0 Å². The molecular formula is C15H25IN4O2. The third-order valence-corrected chi connectivity index (χ3v) is 2.69. The summed E-state index contributed by atoms with van der Waals surface area (Å²) in [6.45, 7) is 6.46. The molecule has 22 heavy (non-hydrogen) atoms. The molecule has 6 nitrogen and oxygen atoms in total. The standard InChI is InChI=1S/C15H24N4O2.HI/c1-4-10-17-14(16-5-2)18-11-12-6-8-13(9-7-12)19-15(20)21-3;/h6-9H,4-5,10-11H2,1-3H3,(H,19,20)(H2,16,17,18);1H.